The molecule has 0 atom stereocenters. The predicted molar refractivity (Wildman–Crippen MR) is 74.5 cm³/mol. The maximum atomic E-state index is 11.4. The summed E-state index contributed by atoms with van der Waals surface area (Å²) in [5, 5.41) is 3.44. The fourth-order valence-electron chi connectivity index (χ4n) is 2.49. The highest BCUT2D eigenvalue weighted by Gasteiger charge is 2.28. The van der Waals surface area contributed by atoms with Crippen LogP contribution in [0.15, 0.2) is 23.1 Å². The van der Waals surface area contributed by atoms with E-state index in [0.29, 0.717) is 5.69 Å². The summed E-state index contributed by atoms with van der Waals surface area (Å²) in [4.78, 5) is 0.266. The maximum absolute atomic E-state index is 11.4. The zero-order chi connectivity index (χ0) is 13.4. The first-order valence-electron chi connectivity index (χ1n) is 6.18. The van der Waals surface area contributed by atoms with Crippen LogP contribution in [0.25, 0.3) is 0 Å². The Kier molecular flexibility index (Phi) is 3.27. The molecule has 0 aliphatic heterocycles. The molecule has 1 aliphatic rings. The summed E-state index contributed by atoms with van der Waals surface area (Å²) in [6.45, 7) is 2.18. The minimum absolute atomic E-state index is 0.0841. The van der Waals surface area contributed by atoms with Crippen molar-refractivity contribution in [1.82, 2.24) is 0 Å². The fraction of sp³-hybridized carbons (Fsp3) is 0.538. The van der Waals surface area contributed by atoms with Crippen LogP contribution in [-0.2, 0) is 9.84 Å². The average molecular weight is 268 g/mol. The van der Waals surface area contributed by atoms with Crippen molar-refractivity contribution in [3.63, 3.8) is 0 Å². The van der Waals surface area contributed by atoms with Crippen LogP contribution in [0.4, 0.5) is 11.4 Å². The molecule has 0 spiro atoms. The number of hydrogen-bond donors (Lipinski definition) is 2. The van der Waals surface area contributed by atoms with Crippen molar-refractivity contribution in [1.29, 1.82) is 0 Å². The molecule has 3 N–H and O–H groups in total. The highest BCUT2D eigenvalue weighted by molar-refractivity contribution is 7.90. The average Bonchev–Trinajstić information content (AvgIpc) is 2.67. The lowest BCUT2D eigenvalue weighted by atomic mass is 10.00. The van der Waals surface area contributed by atoms with Gasteiger partial charge in [0.05, 0.1) is 16.3 Å². The Morgan fingerprint density at radius 3 is 2.39 bits per heavy atom. The van der Waals surface area contributed by atoms with Crippen LogP contribution in [0.5, 0.6) is 0 Å². The van der Waals surface area contributed by atoms with E-state index in [9.17, 15) is 8.42 Å². The molecule has 5 heteroatoms. The molecule has 0 unspecified atom stereocenters. The Morgan fingerprint density at radius 2 is 1.89 bits per heavy atom. The smallest absolute Gasteiger partial charge is 0.175 e. The topological polar surface area (TPSA) is 72.2 Å². The summed E-state index contributed by atoms with van der Waals surface area (Å²) in [6, 6.07) is 4.89. The molecule has 1 saturated carbocycles. The van der Waals surface area contributed by atoms with E-state index in [1.807, 2.05) is 0 Å². The molecule has 0 saturated heterocycles. The zero-order valence-electron chi connectivity index (χ0n) is 10.9. The summed E-state index contributed by atoms with van der Waals surface area (Å²) in [7, 11) is -3.19. The minimum Gasteiger partial charge on any atom is -0.397 e. The van der Waals surface area contributed by atoms with E-state index in [4.69, 9.17) is 5.73 Å². The van der Waals surface area contributed by atoms with Gasteiger partial charge < -0.3 is 11.1 Å². The molecule has 0 aromatic heterocycles. The van der Waals surface area contributed by atoms with Crippen molar-refractivity contribution in [3.8, 4) is 0 Å². The minimum atomic E-state index is -3.19. The SMILES string of the molecule is CC1(Nc2ccc(S(C)(=O)=O)cc2N)CCCC1. The molecule has 1 fully saturated rings. The molecule has 1 aliphatic carbocycles. The van der Waals surface area contributed by atoms with Gasteiger partial charge in [-0.1, -0.05) is 12.8 Å². The van der Waals surface area contributed by atoms with Gasteiger partial charge >= 0.3 is 0 Å². The number of nitrogen functional groups attached to an aromatic ring is 1. The Labute approximate surface area is 108 Å². The van der Waals surface area contributed by atoms with E-state index in [1.165, 1.54) is 25.2 Å². The number of nitrogens with two attached hydrogens (primary N) is 1. The van der Waals surface area contributed by atoms with Gasteiger partial charge in [-0.3, -0.25) is 0 Å². The normalized spacial score (nSPS) is 18.8. The van der Waals surface area contributed by atoms with E-state index < -0.39 is 9.84 Å². The van der Waals surface area contributed by atoms with Gasteiger partial charge in [0, 0.05) is 11.8 Å². The van der Waals surface area contributed by atoms with E-state index in [2.05, 4.69) is 12.2 Å². The lowest BCUT2D eigenvalue weighted by molar-refractivity contribution is 0.533. The fourth-order valence-corrected chi connectivity index (χ4v) is 3.15. The van der Waals surface area contributed by atoms with Gasteiger partial charge in [-0.15, -0.1) is 0 Å². The summed E-state index contributed by atoms with van der Waals surface area (Å²) in [5.41, 5.74) is 7.33. The quantitative estimate of drug-likeness (QED) is 0.826. The van der Waals surface area contributed by atoms with Crippen molar-refractivity contribution in [2.75, 3.05) is 17.3 Å². The highest BCUT2D eigenvalue weighted by atomic mass is 32.2. The number of anilines is 2. The van der Waals surface area contributed by atoms with E-state index in [0.717, 1.165) is 18.5 Å². The third-order valence-electron chi connectivity index (χ3n) is 3.59. The Bertz CT molecular complexity index is 546. The monoisotopic (exact) mass is 268 g/mol. The van der Waals surface area contributed by atoms with Gasteiger partial charge in [0.15, 0.2) is 9.84 Å². The first-order chi connectivity index (χ1) is 8.30. The van der Waals surface area contributed by atoms with Crippen LogP contribution in [0.1, 0.15) is 32.6 Å². The largest absolute Gasteiger partial charge is 0.397 e. The molecule has 2 rings (SSSR count). The predicted octanol–water partition coefficient (Wildman–Crippen LogP) is 2.42. The van der Waals surface area contributed by atoms with Crippen molar-refractivity contribution in [2.45, 2.75) is 43.0 Å². The van der Waals surface area contributed by atoms with Gasteiger partial charge in [-0.25, -0.2) is 8.42 Å². The van der Waals surface area contributed by atoms with Crippen LogP contribution in [0.3, 0.4) is 0 Å². The molecule has 4 nitrogen and oxygen atoms in total. The van der Waals surface area contributed by atoms with E-state index in [-0.39, 0.29) is 10.4 Å². The second kappa shape index (κ2) is 4.46. The van der Waals surface area contributed by atoms with Gasteiger partial charge in [-0.05, 0) is 38.0 Å². The Hall–Kier alpha value is -1.23. The lowest BCUT2D eigenvalue weighted by Crippen LogP contribution is -2.31. The standard InChI is InChI=1S/C13H20N2O2S/c1-13(7-3-4-8-13)15-12-6-5-10(9-11(12)14)18(2,16)17/h5-6,9,15H,3-4,7-8,14H2,1-2H3. The molecule has 0 radical (unpaired) electrons. The Balaban J connectivity index is 2.25. The van der Waals surface area contributed by atoms with Crippen molar-refractivity contribution in [2.24, 2.45) is 0 Å². The summed E-state index contributed by atoms with van der Waals surface area (Å²) < 4.78 is 22.9. The number of benzene rings is 1. The molecule has 100 valence electrons. The van der Waals surface area contributed by atoms with Crippen LogP contribution >= 0.6 is 0 Å². The number of rotatable bonds is 3. The highest BCUT2D eigenvalue weighted by Crippen LogP contribution is 2.34. The first kappa shape index (κ1) is 13.2. The second-order valence-electron chi connectivity index (χ2n) is 5.41. The Morgan fingerprint density at radius 1 is 1.28 bits per heavy atom. The molecular weight excluding hydrogens is 248 g/mol. The summed E-state index contributed by atoms with van der Waals surface area (Å²) >= 11 is 0. The summed E-state index contributed by atoms with van der Waals surface area (Å²) in [6.07, 6.45) is 5.89. The van der Waals surface area contributed by atoms with Gasteiger partial charge in [-0.2, -0.15) is 0 Å². The van der Waals surface area contributed by atoms with Crippen molar-refractivity contribution >= 4 is 21.2 Å². The van der Waals surface area contributed by atoms with E-state index in [1.54, 1.807) is 12.1 Å². The van der Waals surface area contributed by atoms with Gasteiger partial charge in [0.25, 0.3) is 0 Å². The lowest BCUT2D eigenvalue weighted by Gasteiger charge is -2.27. The first-order valence-corrected chi connectivity index (χ1v) is 8.07. The number of hydrogen-bond acceptors (Lipinski definition) is 4. The molecule has 18 heavy (non-hydrogen) atoms. The van der Waals surface area contributed by atoms with E-state index >= 15 is 0 Å². The van der Waals surface area contributed by atoms with Crippen LogP contribution < -0.4 is 11.1 Å². The van der Waals surface area contributed by atoms with Crippen LogP contribution in [-0.4, -0.2) is 20.2 Å². The third-order valence-corrected chi connectivity index (χ3v) is 4.70. The zero-order valence-corrected chi connectivity index (χ0v) is 11.7. The van der Waals surface area contributed by atoms with Crippen molar-refractivity contribution in [3.05, 3.63) is 18.2 Å². The molecule has 1 aromatic carbocycles. The molecule has 0 bridgehead atoms. The molecular formula is C13H20N2O2S. The number of sulfone groups is 1. The van der Waals surface area contributed by atoms with Gasteiger partial charge in [0.1, 0.15) is 0 Å². The van der Waals surface area contributed by atoms with Crippen LogP contribution in [0.2, 0.25) is 0 Å². The maximum Gasteiger partial charge on any atom is 0.175 e. The second-order valence-corrected chi connectivity index (χ2v) is 7.43. The molecule has 1 aromatic rings. The van der Waals surface area contributed by atoms with Gasteiger partial charge in [0.2, 0.25) is 0 Å². The third kappa shape index (κ3) is 2.77. The molecule has 0 amide bonds. The van der Waals surface area contributed by atoms with Crippen molar-refractivity contribution < 1.29 is 8.42 Å². The number of nitrogens with one attached hydrogen (secondary N) is 1. The summed E-state index contributed by atoms with van der Waals surface area (Å²) in [5.74, 6) is 0. The molecule has 0 heterocycles. The van der Waals surface area contributed by atoms with Crippen LogP contribution in [0, 0.1) is 0 Å².